The Hall–Kier alpha value is -3.81. The molecule has 2 N–H and O–H groups in total. The highest BCUT2D eigenvalue weighted by Gasteiger charge is 2.24. The van der Waals surface area contributed by atoms with Crippen LogP contribution in [-0.4, -0.2) is 37.1 Å². The second-order valence-corrected chi connectivity index (χ2v) is 9.45. The van der Waals surface area contributed by atoms with Crippen LogP contribution in [0.2, 0.25) is 0 Å². The lowest BCUT2D eigenvalue weighted by molar-refractivity contribution is -0.138. The summed E-state index contributed by atoms with van der Waals surface area (Å²) in [6.45, 7) is 9.50. The van der Waals surface area contributed by atoms with Crippen LogP contribution >= 0.6 is 0 Å². The van der Waals surface area contributed by atoms with Gasteiger partial charge in [0.05, 0.1) is 11.0 Å². The summed E-state index contributed by atoms with van der Waals surface area (Å²) in [7, 11) is 0. The fourth-order valence-electron chi connectivity index (χ4n) is 4.64. The van der Waals surface area contributed by atoms with E-state index in [9.17, 15) is 4.79 Å². The molecule has 0 atom stereocenters. The van der Waals surface area contributed by atoms with Crippen molar-refractivity contribution in [3.8, 4) is 6.01 Å². The van der Waals surface area contributed by atoms with Gasteiger partial charge in [-0.2, -0.15) is 0 Å². The van der Waals surface area contributed by atoms with Gasteiger partial charge >= 0.3 is 12.0 Å². The van der Waals surface area contributed by atoms with Crippen LogP contribution in [0.1, 0.15) is 61.5 Å². The molecule has 1 saturated carbocycles. The first-order chi connectivity index (χ1) is 17.2. The van der Waals surface area contributed by atoms with Gasteiger partial charge in [0.2, 0.25) is 0 Å². The normalized spacial score (nSPS) is 19.2. The van der Waals surface area contributed by atoms with Crippen LogP contribution in [0.3, 0.4) is 0 Å². The molecule has 188 valence electrons. The van der Waals surface area contributed by atoms with Gasteiger partial charge in [0.25, 0.3) is 0 Å². The smallest absolute Gasteiger partial charge is 0.316 e. The van der Waals surface area contributed by atoms with Crippen LogP contribution in [-0.2, 0) is 4.79 Å². The van der Waals surface area contributed by atoms with Crippen molar-refractivity contribution in [2.24, 2.45) is 5.92 Å². The number of rotatable bonds is 8. The number of halogens is 1. The number of nitrogens with one attached hydrogen (secondary N) is 1. The third-order valence-corrected chi connectivity index (χ3v) is 6.63. The second kappa shape index (κ2) is 10.8. The fourth-order valence-corrected chi connectivity index (χ4v) is 4.64. The number of benzene rings is 1. The third-order valence-electron chi connectivity index (χ3n) is 6.63. The molecule has 7 nitrogen and oxygen atoms in total. The van der Waals surface area contributed by atoms with Gasteiger partial charge in [0.1, 0.15) is 17.8 Å². The molecule has 1 fully saturated rings. The lowest BCUT2D eigenvalue weighted by atomic mass is 9.85. The Morgan fingerprint density at radius 1 is 1.22 bits per heavy atom. The highest BCUT2D eigenvalue weighted by molar-refractivity contribution is 5.83. The Kier molecular flexibility index (Phi) is 7.62. The summed E-state index contributed by atoms with van der Waals surface area (Å²) in [5.41, 5.74) is 5.40. The van der Waals surface area contributed by atoms with Crippen molar-refractivity contribution in [1.29, 1.82) is 0 Å². The lowest BCUT2D eigenvalue weighted by Gasteiger charge is -2.27. The summed E-state index contributed by atoms with van der Waals surface area (Å²) in [4.78, 5) is 27.3. The molecule has 1 aliphatic carbocycles. The van der Waals surface area contributed by atoms with E-state index in [1.807, 2.05) is 19.9 Å². The van der Waals surface area contributed by atoms with Gasteiger partial charge in [0.15, 0.2) is 0 Å². The molecule has 2 heterocycles. The summed E-state index contributed by atoms with van der Waals surface area (Å²) in [6, 6.07) is 4.30. The number of imidazole rings is 1. The SMILES string of the molecule is C=CC(=CC(F)=C(C)c1nc2c(C)cc(C)cc2[nH]1)c1cnc(OC2CCC(CC(=O)O)CC2)nc1. The minimum atomic E-state index is -0.756. The number of H-pyrrole nitrogens is 1. The first-order valence-corrected chi connectivity index (χ1v) is 12.1. The summed E-state index contributed by atoms with van der Waals surface area (Å²) in [5.74, 6) is -0.510. The van der Waals surface area contributed by atoms with Crippen molar-refractivity contribution in [2.75, 3.05) is 0 Å². The molecule has 2 aromatic heterocycles. The van der Waals surface area contributed by atoms with Gasteiger partial charge in [-0.3, -0.25) is 4.79 Å². The van der Waals surface area contributed by atoms with Crippen molar-refractivity contribution in [3.63, 3.8) is 0 Å². The highest BCUT2D eigenvalue weighted by atomic mass is 19.1. The van der Waals surface area contributed by atoms with Crippen molar-refractivity contribution >= 4 is 28.1 Å². The maximum atomic E-state index is 15.2. The van der Waals surface area contributed by atoms with Crippen LogP contribution in [0.25, 0.3) is 22.2 Å². The first kappa shape index (κ1) is 25.3. The summed E-state index contributed by atoms with van der Waals surface area (Å²) in [5, 5.41) is 8.96. The molecule has 0 aliphatic heterocycles. The molecule has 3 aromatic rings. The number of carbonyl (C=O) groups is 1. The van der Waals surface area contributed by atoms with Crippen LogP contribution in [0, 0.1) is 19.8 Å². The van der Waals surface area contributed by atoms with E-state index in [0.29, 0.717) is 22.5 Å². The van der Waals surface area contributed by atoms with Crippen LogP contribution in [0.15, 0.2) is 49.1 Å². The summed E-state index contributed by atoms with van der Waals surface area (Å²) < 4.78 is 21.1. The number of nitrogens with zero attached hydrogens (tertiary/aromatic N) is 3. The van der Waals surface area contributed by atoms with Gasteiger partial charge in [-0.15, -0.1) is 0 Å². The van der Waals surface area contributed by atoms with E-state index in [0.717, 1.165) is 47.8 Å². The van der Waals surface area contributed by atoms with Crippen molar-refractivity contribution in [2.45, 2.75) is 59.0 Å². The average molecular weight is 491 g/mol. The van der Waals surface area contributed by atoms with Crippen molar-refractivity contribution in [3.05, 3.63) is 71.6 Å². The first-order valence-electron chi connectivity index (χ1n) is 12.1. The molecule has 36 heavy (non-hydrogen) atoms. The molecule has 0 bridgehead atoms. The van der Waals surface area contributed by atoms with E-state index in [2.05, 4.69) is 32.6 Å². The maximum absolute atomic E-state index is 15.2. The molecule has 1 aromatic carbocycles. The molecule has 0 radical (unpaired) electrons. The Labute approximate surface area is 209 Å². The van der Waals surface area contributed by atoms with Gasteiger partial charge in [-0.05, 0) is 81.2 Å². The van der Waals surface area contributed by atoms with Crippen molar-refractivity contribution < 1.29 is 19.0 Å². The van der Waals surface area contributed by atoms with E-state index in [1.54, 1.807) is 25.4 Å². The zero-order chi connectivity index (χ0) is 25.8. The Morgan fingerprint density at radius 3 is 2.56 bits per heavy atom. The van der Waals surface area contributed by atoms with E-state index < -0.39 is 11.8 Å². The quantitative estimate of drug-likeness (QED) is 0.357. The minimum Gasteiger partial charge on any atom is -0.481 e. The Bertz CT molecular complexity index is 1330. The average Bonchev–Trinajstić information content (AvgIpc) is 3.28. The standard InChI is InChI=1S/C28H31FN4O3/c1-5-20(13-23(29)18(4)27-32-24-11-16(2)10-17(3)26(24)33-27)21-14-30-28(31-15-21)36-22-8-6-19(7-9-22)12-25(34)35/h5,10-11,13-15,19,22H,1,6-9,12H2,2-4H3,(H,32,33)(H,34,35). The number of aromatic nitrogens is 4. The van der Waals surface area contributed by atoms with Crippen LogP contribution < -0.4 is 4.74 Å². The Morgan fingerprint density at radius 2 is 1.92 bits per heavy atom. The number of aryl methyl sites for hydroxylation is 2. The zero-order valence-corrected chi connectivity index (χ0v) is 20.8. The fraction of sp³-hybridized carbons (Fsp3) is 0.357. The van der Waals surface area contributed by atoms with E-state index in [-0.39, 0.29) is 24.5 Å². The summed E-state index contributed by atoms with van der Waals surface area (Å²) in [6.07, 6.45) is 9.47. The van der Waals surface area contributed by atoms with E-state index >= 15 is 4.39 Å². The van der Waals surface area contributed by atoms with Gasteiger partial charge in [0, 0.05) is 30.0 Å². The molecule has 0 saturated heterocycles. The molecule has 0 amide bonds. The number of ether oxygens (including phenoxy) is 1. The topological polar surface area (TPSA) is 101 Å². The van der Waals surface area contributed by atoms with Gasteiger partial charge in [-0.1, -0.05) is 18.7 Å². The predicted molar refractivity (Wildman–Crippen MR) is 138 cm³/mol. The lowest BCUT2D eigenvalue weighted by Crippen LogP contribution is -2.26. The second-order valence-electron chi connectivity index (χ2n) is 9.45. The molecule has 1 aliphatic rings. The number of hydrogen-bond acceptors (Lipinski definition) is 5. The molecular formula is C28H31FN4O3. The minimum absolute atomic E-state index is 0.0328. The number of aromatic amines is 1. The van der Waals surface area contributed by atoms with E-state index in [4.69, 9.17) is 9.84 Å². The zero-order valence-electron chi connectivity index (χ0n) is 20.8. The third kappa shape index (κ3) is 5.87. The number of hydrogen-bond donors (Lipinski definition) is 2. The molecule has 0 spiro atoms. The van der Waals surface area contributed by atoms with Crippen LogP contribution in [0.4, 0.5) is 4.39 Å². The predicted octanol–water partition coefficient (Wildman–Crippen LogP) is 6.35. The number of carboxylic acid groups (broad SMARTS) is 1. The number of fused-ring (bicyclic) bond motifs is 1. The summed E-state index contributed by atoms with van der Waals surface area (Å²) >= 11 is 0. The van der Waals surface area contributed by atoms with Crippen molar-refractivity contribution in [1.82, 2.24) is 19.9 Å². The monoisotopic (exact) mass is 490 g/mol. The number of allylic oxidation sites excluding steroid dienone is 5. The largest absolute Gasteiger partial charge is 0.481 e. The van der Waals surface area contributed by atoms with Gasteiger partial charge < -0.3 is 14.8 Å². The maximum Gasteiger partial charge on any atom is 0.316 e. The van der Waals surface area contributed by atoms with E-state index in [1.165, 1.54) is 6.08 Å². The highest BCUT2D eigenvalue weighted by Crippen LogP contribution is 2.29. The molecule has 8 heteroatoms. The molecule has 4 rings (SSSR count). The number of carboxylic acids is 1. The molecule has 0 unspecified atom stereocenters. The Balaban J connectivity index is 1.46. The molecular weight excluding hydrogens is 459 g/mol. The van der Waals surface area contributed by atoms with Gasteiger partial charge in [-0.25, -0.2) is 19.3 Å². The number of aliphatic carboxylic acids is 1. The van der Waals surface area contributed by atoms with Crippen LogP contribution in [0.5, 0.6) is 6.01 Å².